The van der Waals surface area contributed by atoms with Crippen molar-refractivity contribution in [2.45, 2.75) is 24.8 Å². The van der Waals surface area contributed by atoms with Crippen LogP contribution in [0.2, 0.25) is 0 Å². The van der Waals surface area contributed by atoms with Crippen molar-refractivity contribution in [3.8, 4) is 5.75 Å². The quantitative estimate of drug-likeness (QED) is 0.773. The lowest BCUT2D eigenvalue weighted by molar-refractivity contribution is 0.302. The first-order valence-electron chi connectivity index (χ1n) is 6.28. The number of hydrogen-bond acceptors (Lipinski definition) is 5. The van der Waals surface area contributed by atoms with E-state index >= 15 is 0 Å². The topological polar surface area (TPSA) is 34.2 Å². The van der Waals surface area contributed by atoms with Gasteiger partial charge in [0, 0.05) is 17.6 Å². The molecule has 1 heterocycles. The highest BCUT2D eigenvalue weighted by molar-refractivity contribution is 7.98. The van der Waals surface area contributed by atoms with E-state index in [0.29, 0.717) is 6.61 Å². The zero-order valence-electron chi connectivity index (χ0n) is 11.2. The number of thiazole rings is 1. The number of rotatable bonds is 7. The Kier molecular flexibility index (Phi) is 5.54. The van der Waals surface area contributed by atoms with E-state index in [1.807, 2.05) is 24.4 Å². The molecule has 5 heteroatoms. The Hall–Kier alpha value is -1.20. The molecule has 1 aromatic heterocycles. The number of para-hydroxylation sites is 1. The monoisotopic (exact) mass is 294 g/mol. The van der Waals surface area contributed by atoms with E-state index in [0.717, 1.165) is 33.6 Å². The highest BCUT2D eigenvalue weighted by Gasteiger charge is 2.05. The summed E-state index contributed by atoms with van der Waals surface area (Å²) in [6, 6.07) is 8.10. The second kappa shape index (κ2) is 7.40. The SMILES string of the molecule is CCCNc1ncc(COc2ccccc2SC)s1. The Balaban J connectivity index is 1.93. The van der Waals surface area contributed by atoms with Crippen LogP contribution in [-0.4, -0.2) is 17.8 Å². The van der Waals surface area contributed by atoms with Crippen molar-refractivity contribution in [1.82, 2.24) is 4.98 Å². The van der Waals surface area contributed by atoms with E-state index in [4.69, 9.17) is 4.74 Å². The van der Waals surface area contributed by atoms with Crippen molar-refractivity contribution in [2.24, 2.45) is 0 Å². The fourth-order valence-electron chi connectivity index (χ4n) is 1.57. The zero-order chi connectivity index (χ0) is 13.5. The first-order valence-corrected chi connectivity index (χ1v) is 8.32. The Labute approximate surface area is 122 Å². The van der Waals surface area contributed by atoms with Gasteiger partial charge in [0.15, 0.2) is 5.13 Å². The molecule has 0 aliphatic heterocycles. The second-order valence-corrected chi connectivity index (χ2v) is 5.96. The molecule has 0 radical (unpaired) electrons. The predicted molar refractivity (Wildman–Crippen MR) is 83.4 cm³/mol. The van der Waals surface area contributed by atoms with Crippen LogP contribution in [0.25, 0.3) is 0 Å². The molecule has 0 amide bonds. The Morgan fingerprint density at radius 3 is 3.00 bits per heavy atom. The summed E-state index contributed by atoms with van der Waals surface area (Å²) in [5, 5.41) is 4.25. The molecule has 0 saturated carbocycles. The number of nitrogens with zero attached hydrogens (tertiary/aromatic N) is 1. The van der Waals surface area contributed by atoms with Crippen molar-refractivity contribution in [3.63, 3.8) is 0 Å². The van der Waals surface area contributed by atoms with Crippen molar-refractivity contribution in [2.75, 3.05) is 18.1 Å². The van der Waals surface area contributed by atoms with Crippen LogP contribution in [0.1, 0.15) is 18.2 Å². The fraction of sp³-hybridized carbons (Fsp3) is 0.357. The van der Waals surface area contributed by atoms with Crippen LogP contribution >= 0.6 is 23.1 Å². The number of aromatic nitrogens is 1. The van der Waals surface area contributed by atoms with Crippen molar-refractivity contribution < 1.29 is 4.74 Å². The summed E-state index contributed by atoms with van der Waals surface area (Å²) >= 11 is 3.35. The van der Waals surface area contributed by atoms with E-state index in [2.05, 4.69) is 29.5 Å². The molecule has 2 aromatic rings. The van der Waals surface area contributed by atoms with Gasteiger partial charge in [0.2, 0.25) is 0 Å². The lowest BCUT2D eigenvalue weighted by Crippen LogP contribution is -1.98. The van der Waals surface area contributed by atoms with Gasteiger partial charge in [-0.1, -0.05) is 30.4 Å². The lowest BCUT2D eigenvalue weighted by atomic mass is 10.3. The molecule has 0 bridgehead atoms. The molecule has 19 heavy (non-hydrogen) atoms. The summed E-state index contributed by atoms with van der Waals surface area (Å²) < 4.78 is 5.85. The molecule has 0 fully saturated rings. The Bertz CT molecular complexity index is 514. The molecule has 0 unspecified atom stereocenters. The summed E-state index contributed by atoms with van der Waals surface area (Å²) in [5.74, 6) is 0.937. The summed E-state index contributed by atoms with van der Waals surface area (Å²) in [6.07, 6.45) is 5.04. The van der Waals surface area contributed by atoms with Crippen LogP contribution < -0.4 is 10.1 Å². The summed E-state index contributed by atoms with van der Waals surface area (Å²) in [4.78, 5) is 6.63. The minimum absolute atomic E-state index is 0.572. The largest absolute Gasteiger partial charge is 0.487 e. The average Bonchev–Trinajstić information content (AvgIpc) is 2.91. The number of nitrogens with one attached hydrogen (secondary N) is 1. The molecule has 1 aromatic carbocycles. The van der Waals surface area contributed by atoms with Crippen LogP contribution in [-0.2, 0) is 6.61 Å². The van der Waals surface area contributed by atoms with E-state index in [-0.39, 0.29) is 0 Å². The van der Waals surface area contributed by atoms with Crippen molar-refractivity contribution in [3.05, 3.63) is 35.3 Å². The minimum atomic E-state index is 0.572. The van der Waals surface area contributed by atoms with Crippen molar-refractivity contribution in [1.29, 1.82) is 0 Å². The number of hydrogen-bond donors (Lipinski definition) is 1. The second-order valence-electron chi connectivity index (χ2n) is 4.00. The third-order valence-electron chi connectivity index (χ3n) is 2.52. The van der Waals surface area contributed by atoms with Gasteiger partial charge < -0.3 is 10.1 Å². The first kappa shape index (κ1) is 14.2. The summed E-state index contributed by atoms with van der Waals surface area (Å²) in [7, 11) is 0. The standard InChI is InChI=1S/C14H18N2OS2/c1-3-8-15-14-16-9-11(19-14)10-17-12-6-4-5-7-13(12)18-2/h4-7,9H,3,8,10H2,1-2H3,(H,15,16). The average molecular weight is 294 g/mol. The molecule has 0 saturated heterocycles. The smallest absolute Gasteiger partial charge is 0.182 e. The minimum Gasteiger partial charge on any atom is -0.487 e. The molecule has 3 nitrogen and oxygen atoms in total. The summed E-state index contributed by atoms with van der Waals surface area (Å²) in [5.41, 5.74) is 0. The molecule has 2 rings (SSSR count). The maximum absolute atomic E-state index is 5.85. The van der Waals surface area contributed by atoms with Gasteiger partial charge >= 0.3 is 0 Å². The molecular formula is C14H18N2OS2. The van der Waals surface area contributed by atoms with Gasteiger partial charge in [-0.05, 0) is 24.8 Å². The first-order chi connectivity index (χ1) is 9.33. The maximum atomic E-state index is 5.85. The summed E-state index contributed by atoms with van der Waals surface area (Å²) in [6.45, 7) is 3.68. The molecule has 0 spiro atoms. The van der Waals surface area contributed by atoms with Gasteiger partial charge in [-0.15, -0.1) is 11.8 Å². The molecule has 0 aliphatic rings. The number of benzene rings is 1. The lowest BCUT2D eigenvalue weighted by Gasteiger charge is -2.08. The van der Waals surface area contributed by atoms with Crippen LogP contribution in [0.5, 0.6) is 5.75 Å². The van der Waals surface area contributed by atoms with Gasteiger partial charge in [-0.3, -0.25) is 0 Å². The highest BCUT2D eigenvalue weighted by Crippen LogP contribution is 2.28. The van der Waals surface area contributed by atoms with Gasteiger partial charge in [0.05, 0.1) is 4.88 Å². The van der Waals surface area contributed by atoms with Crippen molar-refractivity contribution >= 4 is 28.2 Å². The van der Waals surface area contributed by atoms with E-state index < -0.39 is 0 Å². The molecule has 0 aliphatic carbocycles. The van der Waals surface area contributed by atoms with Gasteiger partial charge in [-0.25, -0.2) is 4.98 Å². The van der Waals surface area contributed by atoms with E-state index in [9.17, 15) is 0 Å². The third-order valence-corrected chi connectivity index (χ3v) is 4.22. The van der Waals surface area contributed by atoms with E-state index in [1.165, 1.54) is 0 Å². The molecular weight excluding hydrogens is 276 g/mol. The van der Waals surface area contributed by atoms with Crippen LogP contribution in [0.15, 0.2) is 35.4 Å². The normalized spacial score (nSPS) is 10.4. The van der Waals surface area contributed by atoms with E-state index in [1.54, 1.807) is 23.1 Å². The van der Waals surface area contributed by atoms with Crippen LogP contribution in [0.4, 0.5) is 5.13 Å². The van der Waals surface area contributed by atoms with Crippen LogP contribution in [0.3, 0.4) is 0 Å². The maximum Gasteiger partial charge on any atom is 0.182 e. The molecule has 102 valence electrons. The predicted octanol–water partition coefficient (Wildman–Crippen LogP) is 4.27. The number of thioether (sulfide) groups is 1. The Morgan fingerprint density at radius 2 is 2.21 bits per heavy atom. The third kappa shape index (κ3) is 4.14. The van der Waals surface area contributed by atoms with Gasteiger partial charge in [0.1, 0.15) is 12.4 Å². The zero-order valence-corrected chi connectivity index (χ0v) is 12.8. The highest BCUT2D eigenvalue weighted by atomic mass is 32.2. The van der Waals surface area contributed by atoms with Gasteiger partial charge in [-0.2, -0.15) is 0 Å². The van der Waals surface area contributed by atoms with Gasteiger partial charge in [0.25, 0.3) is 0 Å². The van der Waals surface area contributed by atoms with Crippen LogP contribution in [0, 0.1) is 0 Å². The number of ether oxygens (including phenoxy) is 1. The number of anilines is 1. The molecule has 1 N–H and O–H groups in total. The fourth-order valence-corrected chi connectivity index (χ4v) is 2.87. The Morgan fingerprint density at radius 1 is 1.37 bits per heavy atom. The molecule has 0 atom stereocenters.